The lowest BCUT2D eigenvalue weighted by atomic mass is 10.2. The molecular weight excluding hydrogens is 350 g/mol. The molecule has 2 aliphatic heterocycles. The Labute approximate surface area is 153 Å². The van der Waals surface area contributed by atoms with E-state index in [1.54, 1.807) is 12.1 Å². The second kappa shape index (κ2) is 6.83. The average Bonchev–Trinajstić information content (AvgIpc) is 3.30. The lowest BCUT2D eigenvalue weighted by Gasteiger charge is -2.27. The standard InChI is InChI=1S/C19H21N3O3S/c23-19(22-13-16-10-17(22)12-20-16)15-6-8-18(9-7-15)26(24,25)21-11-14-4-2-1-3-5-14/h1-9,16-17,20-21H,10-13H2/t16-,17-/m0/s1. The molecule has 0 spiro atoms. The van der Waals surface area contributed by atoms with Crippen molar-refractivity contribution in [2.45, 2.75) is 29.9 Å². The summed E-state index contributed by atoms with van der Waals surface area (Å²) in [5, 5.41) is 3.37. The summed E-state index contributed by atoms with van der Waals surface area (Å²) < 4.78 is 27.5. The highest BCUT2D eigenvalue weighted by Crippen LogP contribution is 2.25. The molecule has 6 nitrogen and oxygen atoms in total. The first-order valence-electron chi connectivity index (χ1n) is 8.71. The third kappa shape index (κ3) is 3.38. The molecule has 2 saturated heterocycles. The van der Waals surface area contributed by atoms with Crippen LogP contribution in [0.3, 0.4) is 0 Å². The highest BCUT2D eigenvalue weighted by Gasteiger charge is 2.40. The Hall–Kier alpha value is -2.22. The molecule has 2 aromatic rings. The van der Waals surface area contributed by atoms with Gasteiger partial charge in [0.1, 0.15) is 0 Å². The summed E-state index contributed by atoms with van der Waals surface area (Å²) in [6.07, 6.45) is 1.00. The zero-order valence-electron chi connectivity index (χ0n) is 14.3. The fourth-order valence-corrected chi connectivity index (χ4v) is 4.63. The van der Waals surface area contributed by atoms with Crippen molar-refractivity contribution in [1.29, 1.82) is 0 Å². The van der Waals surface area contributed by atoms with E-state index in [1.807, 2.05) is 35.2 Å². The number of hydrogen-bond donors (Lipinski definition) is 2. The Kier molecular flexibility index (Phi) is 4.52. The van der Waals surface area contributed by atoms with Gasteiger partial charge in [-0.05, 0) is 36.2 Å². The van der Waals surface area contributed by atoms with Crippen molar-refractivity contribution >= 4 is 15.9 Å². The molecule has 4 rings (SSSR count). The van der Waals surface area contributed by atoms with E-state index in [0.717, 1.165) is 25.1 Å². The van der Waals surface area contributed by atoms with Crippen molar-refractivity contribution in [3.8, 4) is 0 Å². The zero-order chi connectivity index (χ0) is 18.1. The first-order valence-corrected chi connectivity index (χ1v) is 10.2. The normalized spacial score (nSPS) is 21.9. The highest BCUT2D eigenvalue weighted by atomic mass is 32.2. The molecule has 0 aromatic heterocycles. The number of fused-ring (bicyclic) bond motifs is 2. The molecule has 26 heavy (non-hydrogen) atoms. The molecule has 2 aromatic carbocycles. The number of carbonyl (C=O) groups is 1. The lowest BCUT2D eigenvalue weighted by molar-refractivity contribution is 0.0716. The molecule has 2 aliphatic rings. The van der Waals surface area contributed by atoms with Gasteiger partial charge in [0.05, 0.1) is 4.90 Å². The topological polar surface area (TPSA) is 78.5 Å². The minimum atomic E-state index is -3.61. The van der Waals surface area contributed by atoms with Crippen molar-refractivity contribution in [2.75, 3.05) is 13.1 Å². The molecule has 2 bridgehead atoms. The van der Waals surface area contributed by atoms with E-state index >= 15 is 0 Å². The summed E-state index contributed by atoms with van der Waals surface area (Å²) in [7, 11) is -3.61. The van der Waals surface area contributed by atoms with Crippen molar-refractivity contribution in [1.82, 2.24) is 14.9 Å². The van der Waals surface area contributed by atoms with Crippen LogP contribution >= 0.6 is 0 Å². The monoisotopic (exact) mass is 371 g/mol. The first kappa shape index (κ1) is 17.2. The molecule has 2 atom stereocenters. The number of sulfonamides is 1. The molecule has 136 valence electrons. The summed E-state index contributed by atoms with van der Waals surface area (Å²) >= 11 is 0. The van der Waals surface area contributed by atoms with E-state index in [4.69, 9.17) is 0 Å². The van der Waals surface area contributed by atoms with Gasteiger partial charge in [0.25, 0.3) is 5.91 Å². The van der Waals surface area contributed by atoms with Crippen LogP contribution in [0.15, 0.2) is 59.5 Å². The van der Waals surface area contributed by atoms with Gasteiger partial charge in [-0.15, -0.1) is 0 Å². The van der Waals surface area contributed by atoms with E-state index in [0.29, 0.717) is 11.6 Å². The molecule has 1 amide bonds. The van der Waals surface area contributed by atoms with Crippen LogP contribution in [0.5, 0.6) is 0 Å². The SMILES string of the molecule is O=C(c1ccc(S(=O)(=O)NCc2ccccc2)cc1)N1C[C@@H]2C[C@H]1CN2. The average molecular weight is 371 g/mol. The number of carbonyl (C=O) groups excluding carboxylic acids is 1. The molecular formula is C19H21N3O3S. The van der Waals surface area contributed by atoms with Gasteiger partial charge in [-0.25, -0.2) is 13.1 Å². The van der Waals surface area contributed by atoms with Crippen molar-refractivity contribution in [3.05, 3.63) is 65.7 Å². The second-order valence-corrected chi connectivity index (χ2v) is 8.55. The van der Waals surface area contributed by atoms with Gasteiger partial charge >= 0.3 is 0 Å². The number of piperazine rings is 1. The van der Waals surface area contributed by atoms with Gasteiger partial charge in [0.2, 0.25) is 10.0 Å². The predicted molar refractivity (Wildman–Crippen MR) is 98.1 cm³/mol. The third-order valence-corrected chi connectivity index (χ3v) is 6.46. The van der Waals surface area contributed by atoms with Crippen LogP contribution in [0, 0.1) is 0 Å². The quantitative estimate of drug-likeness (QED) is 0.832. The van der Waals surface area contributed by atoms with Gasteiger partial charge in [-0.2, -0.15) is 0 Å². The van der Waals surface area contributed by atoms with Gasteiger partial charge in [-0.1, -0.05) is 30.3 Å². The fraction of sp³-hybridized carbons (Fsp3) is 0.316. The summed E-state index contributed by atoms with van der Waals surface area (Å²) in [6.45, 7) is 1.79. The molecule has 0 aliphatic carbocycles. The maximum atomic E-state index is 12.6. The van der Waals surface area contributed by atoms with Crippen LogP contribution in [0.2, 0.25) is 0 Å². The summed E-state index contributed by atoms with van der Waals surface area (Å²) in [5.74, 6) is -0.0276. The number of nitrogens with one attached hydrogen (secondary N) is 2. The minimum Gasteiger partial charge on any atom is -0.333 e. The number of rotatable bonds is 5. The molecule has 0 unspecified atom stereocenters. The smallest absolute Gasteiger partial charge is 0.254 e. The van der Waals surface area contributed by atoms with Crippen LogP contribution < -0.4 is 10.0 Å². The maximum Gasteiger partial charge on any atom is 0.254 e. The number of hydrogen-bond acceptors (Lipinski definition) is 4. The van der Waals surface area contributed by atoms with Crippen molar-refractivity contribution < 1.29 is 13.2 Å². The Morgan fingerprint density at radius 3 is 2.46 bits per heavy atom. The highest BCUT2D eigenvalue weighted by molar-refractivity contribution is 7.89. The van der Waals surface area contributed by atoms with E-state index in [2.05, 4.69) is 10.0 Å². The third-order valence-electron chi connectivity index (χ3n) is 5.04. The Bertz CT molecular complexity index is 897. The van der Waals surface area contributed by atoms with Crippen LogP contribution in [0.4, 0.5) is 0 Å². The molecule has 2 heterocycles. The van der Waals surface area contributed by atoms with E-state index < -0.39 is 10.0 Å². The molecule has 2 fully saturated rings. The van der Waals surface area contributed by atoms with Crippen LogP contribution in [0.25, 0.3) is 0 Å². The van der Waals surface area contributed by atoms with Gasteiger partial charge in [-0.3, -0.25) is 4.79 Å². The van der Waals surface area contributed by atoms with Crippen LogP contribution in [0.1, 0.15) is 22.3 Å². The van der Waals surface area contributed by atoms with Crippen molar-refractivity contribution in [3.63, 3.8) is 0 Å². The maximum absolute atomic E-state index is 12.6. The number of nitrogens with zero attached hydrogens (tertiary/aromatic N) is 1. The number of likely N-dealkylation sites (tertiary alicyclic amines) is 1. The Morgan fingerprint density at radius 2 is 1.85 bits per heavy atom. The van der Waals surface area contributed by atoms with Gasteiger partial charge in [0.15, 0.2) is 0 Å². The molecule has 2 N–H and O–H groups in total. The number of benzene rings is 2. The van der Waals surface area contributed by atoms with Crippen molar-refractivity contribution in [2.24, 2.45) is 0 Å². The summed E-state index contributed by atoms with van der Waals surface area (Å²) in [6, 6.07) is 16.2. The van der Waals surface area contributed by atoms with E-state index in [9.17, 15) is 13.2 Å². The second-order valence-electron chi connectivity index (χ2n) is 6.79. The van der Waals surface area contributed by atoms with Gasteiger partial charge < -0.3 is 10.2 Å². The summed E-state index contributed by atoms with van der Waals surface area (Å²) in [5.41, 5.74) is 1.42. The molecule has 7 heteroatoms. The van der Waals surface area contributed by atoms with E-state index in [-0.39, 0.29) is 23.4 Å². The molecule has 0 saturated carbocycles. The molecule has 0 radical (unpaired) electrons. The fourth-order valence-electron chi connectivity index (χ4n) is 3.61. The predicted octanol–water partition coefficient (Wildman–Crippen LogP) is 1.35. The number of amides is 1. The van der Waals surface area contributed by atoms with Crippen LogP contribution in [-0.4, -0.2) is 44.4 Å². The minimum absolute atomic E-state index is 0.0276. The Morgan fingerprint density at radius 1 is 1.12 bits per heavy atom. The van der Waals surface area contributed by atoms with Gasteiger partial charge in [0, 0.05) is 37.3 Å². The van der Waals surface area contributed by atoms with E-state index in [1.165, 1.54) is 12.1 Å². The lowest BCUT2D eigenvalue weighted by Crippen LogP contribution is -2.46. The summed E-state index contributed by atoms with van der Waals surface area (Å²) in [4.78, 5) is 14.7. The first-order chi connectivity index (χ1) is 12.5. The largest absolute Gasteiger partial charge is 0.333 e. The Balaban J connectivity index is 1.44. The van der Waals surface area contributed by atoms with Crippen LogP contribution in [-0.2, 0) is 16.6 Å². The zero-order valence-corrected chi connectivity index (χ0v) is 15.1.